The summed E-state index contributed by atoms with van der Waals surface area (Å²) in [7, 11) is -6.76. The van der Waals surface area contributed by atoms with Crippen molar-refractivity contribution in [1.82, 2.24) is 0 Å². The van der Waals surface area contributed by atoms with Gasteiger partial charge in [0.2, 0.25) is 0 Å². The summed E-state index contributed by atoms with van der Waals surface area (Å²) < 4.78 is 18.3. The first-order valence-electron chi connectivity index (χ1n) is 6.93. The molecule has 0 spiro atoms. The smallest absolute Gasteiger partial charge is 0.383 e. The fourth-order valence-electron chi connectivity index (χ4n) is 2.17. The molecule has 0 aliphatic heterocycles. The summed E-state index contributed by atoms with van der Waals surface area (Å²) in [5.41, 5.74) is 1.07. The summed E-state index contributed by atoms with van der Waals surface area (Å²) in [6.07, 6.45) is 1.81. The van der Waals surface area contributed by atoms with E-state index in [2.05, 4.69) is 6.58 Å². The van der Waals surface area contributed by atoms with E-state index in [1.807, 2.05) is 63.5 Å². The molecule has 0 unspecified atom stereocenters. The minimum absolute atomic E-state index is 0.810. The first-order valence-corrected chi connectivity index (χ1v) is 16.5. The summed E-state index contributed by atoms with van der Waals surface area (Å²) in [6, 6.07) is 7.82. The molecular weight excluding hydrogens is 336 g/mol. The van der Waals surface area contributed by atoms with Crippen LogP contribution in [0.5, 0.6) is 5.75 Å². The van der Waals surface area contributed by atoms with Gasteiger partial charge in [-0.05, 0) is 57.0 Å². The van der Waals surface area contributed by atoms with Crippen LogP contribution < -0.4 is 4.43 Å². The quantitative estimate of drug-likeness (QED) is 0.501. The van der Waals surface area contributed by atoms with Crippen LogP contribution in [0.15, 0.2) is 30.8 Å². The third-order valence-corrected chi connectivity index (χ3v) is 11.7. The average Bonchev–Trinajstić information content (AvgIpc) is 2.24. The van der Waals surface area contributed by atoms with Gasteiger partial charge in [0, 0.05) is 0 Å². The highest BCUT2D eigenvalue weighted by Crippen LogP contribution is 2.25. The lowest BCUT2D eigenvalue weighted by Gasteiger charge is -2.35. The molecule has 1 aromatic rings. The molecule has 118 valence electrons. The van der Waals surface area contributed by atoms with E-state index in [1.54, 1.807) is 6.08 Å². The van der Waals surface area contributed by atoms with E-state index < -0.39 is 24.7 Å². The maximum Gasteiger partial charge on any atom is 0.383 e. The molecule has 0 saturated carbocycles. The molecule has 0 bridgehead atoms. The second-order valence-electron chi connectivity index (χ2n) is 6.24. The molecule has 0 atom stereocenters. The van der Waals surface area contributed by atoms with Crippen molar-refractivity contribution < 1.29 is 12.7 Å². The van der Waals surface area contributed by atoms with Gasteiger partial charge in [0.25, 0.3) is 7.63 Å². The third kappa shape index (κ3) is 7.44. The Morgan fingerprint density at radius 1 is 0.905 bits per heavy atom. The molecule has 0 amide bonds. The first-order chi connectivity index (χ1) is 9.42. The zero-order valence-electron chi connectivity index (χ0n) is 13.7. The maximum absolute atomic E-state index is 6.28. The fourth-order valence-corrected chi connectivity index (χ4v) is 14.7. The molecule has 21 heavy (non-hydrogen) atoms. The predicted molar refractivity (Wildman–Crippen MR) is 97.6 cm³/mol. The number of hydrogen-bond donors (Lipinski definition) is 0. The van der Waals surface area contributed by atoms with Gasteiger partial charge in [-0.1, -0.05) is 24.8 Å². The van der Waals surface area contributed by atoms with Crippen LogP contribution in [0.4, 0.5) is 0 Å². The minimum atomic E-state index is -2.33. The zero-order chi connectivity index (χ0) is 16.3. The highest BCUT2D eigenvalue weighted by Gasteiger charge is 2.41. The molecular formula is C14H25ClO3Si3. The summed E-state index contributed by atoms with van der Waals surface area (Å²) in [6.45, 7) is 15.7. The Balaban J connectivity index is 2.73. The van der Waals surface area contributed by atoms with E-state index in [-0.39, 0.29) is 0 Å². The normalized spacial score (nSPS) is 13.1. The van der Waals surface area contributed by atoms with Crippen molar-refractivity contribution in [3.05, 3.63) is 36.4 Å². The van der Waals surface area contributed by atoms with Crippen LogP contribution in [0, 0.1) is 0 Å². The Morgan fingerprint density at radius 2 is 1.43 bits per heavy atom. The lowest BCUT2D eigenvalue weighted by molar-refractivity contribution is 0.335. The van der Waals surface area contributed by atoms with Gasteiger partial charge < -0.3 is 12.7 Å². The predicted octanol–water partition coefficient (Wildman–Crippen LogP) is 5.09. The highest BCUT2D eigenvalue weighted by molar-refractivity contribution is 7.17. The minimum Gasteiger partial charge on any atom is -0.521 e. The monoisotopic (exact) mass is 360 g/mol. The van der Waals surface area contributed by atoms with Crippen LogP contribution in [-0.2, 0) is 8.23 Å². The van der Waals surface area contributed by atoms with Crippen molar-refractivity contribution in [2.45, 2.75) is 39.3 Å². The molecule has 0 aliphatic carbocycles. The molecule has 3 nitrogen and oxygen atoms in total. The van der Waals surface area contributed by atoms with Gasteiger partial charge in [0.15, 0.2) is 0 Å². The molecule has 0 aliphatic rings. The Bertz CT molecular complexity index is 481. The Hall–Kier alpha value is -0.379. The molecule has 0 N–H and O–H groups in total. The standard InChI is InChI=1S/C14H25ClO3Si3/c1-8-13-9-11-14(12-10-13)16-20(4,5)18-21(6,7)17-19(2,3)15/h8-12H,1H2,2-7H3. The summed E-state index contributed by atoms with van der Waals surface area (Å²) in [4.78, 5) is 0. The van der Waals surface area contributed by atoms with Crippen LogP contribution in [0.1, 0.15) is 5.56 Å². The van der Waals surface area contributed by atoms with E-state index >= 15 is 0 Å². The van der Waals surface area contributed by atoms with Gasteiger partial charge in [-0.15, -0.1) is 11.1 Å². The first kappa shape index (κ1) is 18.7. The Kier molecular flexibility index (Phi) is 6.05. The largest absolute Gasteiger partial charge is 0.521 e. The van der Waals surface area contributed by atoms with Gasteiger partial charge in [-0.2, -0.15) is 0 Å². The van der Waals surface area contributed by atoms with Crippen LogP contribution in [0.2, 0.25) is 39.3 Å². The van der Waals surface area contributed by atoms with Gasteiger partial charge in [0.1, 0.15) is 5.75 Å². The van der Waals surface area contributed by atoms with Crippen molar-refractivity contribution in [3.8, 4) is 5.75 Å². The lowest BCUT2D eigenvalue weighted by atomic mass is 10.2. The second kappa shape index (κ2) is 6.80. The third-order valence-electron chi connectivity index (χ3n) is 2.46. The molecule has 1 aromatic carbocycles. The van der Waals surface area contributed by atoms with Gasteiger partial charge >= 0.3 is 17.1 Å². The topological polar surface area (TPSA) is 27.7 Å². The van der Waals surface area contributed by atoms with Crippen LogP contribution >= 0.6 is 11.1 Å². The molecule has 1 rings (SSSR count). The number of rotatable bonds is 7. The van der Waals surface area contributed by atoms with Crippen molar-refractivity contribution in [1.29, 1.82) is 0 Å². The molecule has 0 saturated heterocycles. The summed E-state index contributed by atoms with van der Waals surface area (Å²) in [5.74, 6) is 0.810. The average molecular weight is 361 g/mol. The van der Waals surface area contributed by atoms with Gasteiger partial charge in [0.05, 0.1) is 0 Å². The molecule has 0 aromatic heterocycles. The Labute approximate surface area is 136 Å². The number of halogens is 1. The highest BCUT2D eigenvalue weighted by atomic mass is 35.6. The van der Waals surface area contributed by atoms with Crippen LogP contribution in [0.3, 0.4) is 0 Å². The molecule has 0 heterocycles. The molecule has 0 fully saturated rings. The van der Waals surface area contributed by atoms with Crippen molar-refractivity contribution in [3.63, 3.8) is 0 Å². The van der Waals surface area contributed by atoms with E-state index in [0.29, 0.717) is 0 Å². The fraction of sp³-hybridized carbons (Fsp3) is 0.429. The molecule has 7 heteroatoms. The zero-order valence-corrected chi connectivity index (χ0v) is 17.5. The summed E-state index contributed by atoms with van der Waals surface area (Å²) >= 11 is 6.28. The van der Waals surface area contributed by atoms with Gasteiger partial charge in [-0.3, -0.25) is 0 Å². The SMILES string of the molecule is C=Cc1ccc(O[Si](C)(C)O[Si](C)(C)O[Si](C)(C)Cl)cc1. The Morgan fingerprint density at radius 3 is 1.86 bits per heavy atom. The van der Waals surface area contributed by atoms with Crippen LogP contribution in [0.25, 0.3) is 6.08 Å². The number of benzene rings is 1. The second-order valence-corrected chi connectivity index (χ2v) is 19.1. The van der Waals surface area contributed by atoms with E-state index in [0.717, 1.165) is 11.3 Å². The van der Waals surface area contributed by atoms with E-state index in [4.69, 9.17) is 23.7 Å². The van der Waals surface area contributed by atoms with Crippen molar-refractivity contribution >= 4 is 41.9 Å². The maximum atomic E-state index is 6.28. The number of hydrogen-bond acceptors (Lipinski definition) is 3. The summed E-state index contributed by atoms with van der Waals surface area (Å²) in [5, 5.41) is 0. The van der Waals surface area contributed by atoms with E-state index in [1.165, 1.54) is 0 Å². The molecule has 0 radical (unpaired) electrons. The van der Waals surface area contributed by atoms with Gasteiger partial charge in [-0.25, -0.2) is 0 Å². The van der Waals surface area contributed by atoms with E-state index in [9.17, 15) is 0 Å². The van der Waals surface area contributed by atoms with Crippen LogP contribution in [-0.4, -0.2) is 24.7 Å². The van der Waals surface area contributed by atoms with Crippen molar-refractivity contribution in [2.24, 2.45) is 0 Å². The van der Waals surface area contributed by atoms with Crippen molar-refractivity contribution in [2.75, 3.05) is 0 Å². The lowest BCUT2D eigenvalue weighted by Crippen LogP contribution is -2.53.